The van der Waals surface area contributed by atoms with Crippen LogP contribution in [-0.2, 0) is 11.0 Å². The second kappa shape index (κ2) is 8.08. The van der Waals surface area contributed by atoms with E-state index in [1.165, 1.54) is 24.1 Å². The van der Waals surface area contributed by atoms with Crippen molar-refractivity contribution in [2.24, 2.45) is 0 Å². The fourth-order valence-electron chi connectivity index (χ4n) is 4.51. The summed E-state index contributed by atoms with van der Waals surface area (Å²) in [5.41, 5.74) is 4.59. The van der Waals surface area contributed by atoms with Crippen LogP contribution in [0.1, 0.15) is 68.9 Å². The second-order valence-electron chi connectivity index (χ2n) is 11.2. The summed E-state index contributed by atoms with van der Waals surface area (Å²) in [4.78, 5) is 7.55. The van der Waals surface area contributed by atoms with E-state index in [-0.39, 0.29) is 17.2 Å². The SMILES string of the molecule is CC(C)(C)[Si](C)(C)O[C@H]1C[C@H](c2cn3nc(C4CC4)ccc3n2)N(Cc2ccccc2)C1. The smallest absolute Gasteiger partial charge is 0.192 e. The highest BCUT2D eigenvalue weighted by atomic mass is 28.4. The molecule has 5 nitrogen and oxygen atoms in total. The van der Waals surface area contributed by atoms with E-state index in [0.29, 0.717) is 5.92 Å². The van der Waals surface area contributed by atoms with E-state index in [1.807, 2.05) is 4.52 Å². The molecule has 0 N–H and O–H groups in total. The zero-order chi connectivity index (χ0) is 22.5. The molecule has 3 heterocycles. The normalized spacial score (nSPS) is 22.7. The van der Waals surface area contributed by atoms with E-state index < -0.39 is 8.32 Å². The topological polar surface area (TPSA) is 42.7 Å². The molecule has 2 aromatic heterocycles. The number of nitrogens with zero attached hydrogens (tertiary/aromatic N) is 4. The summed E-state index contributed by atoms with van der Waals surface area (Å²) in [6.45, 7) is 13.5. The Balaban J connectivity index is 1.42. The Hall–Kier alpha value is -2.02. The Bertz CT molecular complexity index is 1080. The molecule has 1 aliphatic carbocycles. The van der Waals surface area contributed by atoms with Gasteiger partial charge in [-0.15, -0.1) is 0 Å². The van der Waals surface area contributed by atoms with Gasteiger partial charge >= 0.3 is 0 Å². The molecule has 0 bridgehead atoms. The van der Waals surface area contributed by atoms with E-state index in [4.69, 9.17) is 14.5 Å². The zero-order valence-corrected chi connectivity index (χ0v) is 21.1. The molecule has 170 valence electrons. The molecule has 32 heavy (non-hydrogen) atoms. The highest BCUT2D eigenvalue weighted by Crippen LogP contribution is 2.42. The van der Waals surface area contributed by atoms with Gasteiger partial charge in [-0.3, -0.25) is 4.90 Å². The highest BCUT2D eigenvalue weighted by molar-refractivity contribution is 6.74. The van der Waals surface area contributed by atoms with Crippen molar-refractivity contribution in [2.75, 3.05) is 6.54 Å². The minimum absolute atomic E-state index is 0.210. The van der Waals surface area contributed by atoms with Crippen LogP contribution in [0.4, 0.5) is 0 Å². The summed E-state index contributed by atoms with van der Waals surface area (Å²) in [6.07, 6.45) is 5.90. The van der Waals surface area contributed by atoms with Crippen molar-refractivity contribution < 1.29 is 4.43 Å². The quantitative estimate of drug-likeness (QED) is 0.437. The largest absolute Gasteiger partial charge is 0.413 e. The van der Waals surface area contributed by atoms with Crippen molar-refractivity contribution in [2.45, 2.75) is 82.8 Å². The van der Waals surface area contributed by atoms with Gasteiger partial charge in [0.2, 0.25) is 0 Å². The standard InChI is InChI=1S/C26H36N4OSi/c1-26(2,3)32(4,5)31-21-15-24(29(17-21)16-19-9-7-6-8-10-19)23-18-30-25(27-23)14-13-22(28-30)20-11-12-20/h6-10,13-14,18,20-21,24H,11-12,15-17H2,1-5H3/t21-,24+/m0/s1. The van der Waals surface area contributed by atoms with Crippen LogP contribution in [0.25, 0.3) is 5.65 Å². The van der Waals surface area contributed by atoms with Gasteiger partial charge in [0.05, 0.1) is 29.7 Å². The van der Waals surface area contributed by atoms with Gasteiger partial charge in [-0.1, -0.05) is 51.1 Å². The van der Waals surface area contributed by atoms with Gasteiger partial charge in [-0.25, -0.2) is 9.50 Å². The molecule has 0 radical (unpaired) electrons. The molecule has 1 aromatic carbocycles. The van der Waals surface area contributed by atoms with Gasteiger partial charge in [0, 0.05) is 19.0 Å². The maximum absolute atomic E-state index is 6.86. The third-order valence-corrected chi connectivity index (χ3v) is 12.1. The number of fused-ring (bicyclic) bond motifs is 1. The highest BCUT2D eigenvalue weighted by Gasteiger charge is 2.43. The molecule has 0 spiro atoms. The van der Waals surface area contributed by atoms with E-state index in [9.17, 15) is 0 Å². The molecule has 2 fully saturated rings. The van der Waals surface area contributed by atoms with Crippen LogP contribution >= 0.6 is 0 Å². The van der Waals surface area contributed by atoms with Crippen LogP contribution in [0, 0.1) is 0 Å². The van der Waals surface area contributed by atoms with Crippen LogP contribution in [0.2, 0.25) is 18.1 Å². The average molecular weight is 449 g/mol. The lowest BCUT2D eigenvalue weighted by atomic mass is 10.1. The Labute approximate surface area is 192 Å². The molecular formula is C26H36N4OSi. The zero-order valence-electron chi connectivity index (χ0n) is 20.1. The minimum Gasteiger partial charge on any atom is -0.413 e. The maximum atomic E-state index is 6.86. The van der Waals surface area contributed by atoms with Crippen molar-refractivity contribution in [3.05, 3.63) is 65.6 Å². The summed E-state index contributed by atoms with van der Waals surface area (Å²) < 4.78 is 8.85. The first-order chi connectivity index (χ1) is 15.2. The first kappa shape index (κ1) is 21.8. The molecule has 6 heteroatoms. The second-order valence-corrected chi connectivity index (χ2v) is 15.9. The molecule has 1 aliphatic heterocycles. The predicted octanol–water partition coefficient (Wildman–Crippen LogP) is 5.94. The first-order valence-corrected chi connectivity index (χ1v) is 14.9. The van der Waals surface area contributed by atoms with Gasteiger partial charge in [0.1, 0.15) is 0 Å². The number of hydrogen-bond acceptors (Lipinski definition) is 4. The van der Waals surface area contributed by atoms with Crippen molar-refractivity contribution in [3.63, 3.8) is 0 Å². The Kier molecular flexibility index (Phi) is 5.51. The monoisotopic (exact) mass is 448 g/mol. The number of benzene rings is 1. The summed E-state index contributed by atoms with van der Waals surface area (Å²) in [5.74, 6) is 0.647. The summed E-state index contributed by atoms with van der Waals surface area (Å²) in [6, 6.07) is 15.3. The van der Waals surface area contributed by atoms with Gasteiger partial charge < -0.3 is 4.43 Å². The van der Waals surface area contributed by atoms with E-state index in [1.54, 1.807) is 0 Å². The minimum atomic E-state index is -1.83. The first-order valence-electron chi connectivity index (χ1n) is 12.0. The number of rotatable bonds is 6. The third kappa shape index (κ3) is 4.41. The van der Waals surface area contributed by atoms with Crippen molar-refractivity contribution in [1.82, 2.24) is 19.5 Å². The fraction of sp³-hybridized carbons (Fsp3) is 0.538. The molecule has 1 saturated heterocycles. The number of hydrogen-bond donors (Lipinski definition) is 0. The van der Waals surface area contributed by atoms with Gasteiger partial charge in [-0.05, 0) is 55.1 Å². The van der Waals surface area contributed by atoms with Crippen molar-refractivity contribution in [3.8, 4) is 0 Å². The number of imidazole rings is 1. The molecular weight excluding hydrogens is 412 g/mol. The molecule has 5 rings (SSSR count). The Morgan fingerprint density at radius 2 is 1.78 bits per heavy atom. The molecule has 0 amide bonds. The van der Waals surface area contributed by atoms with E-state index in [2.05, 4.69) is 87.4 Å². The van der Waals surface area contributed by atoms with Crippen molar-refractivity contribution in [1.29, 1.82) is 0 Å². The van der Waals surface area contributed by atoms with Crippen molar-refractivity contribution >= 4 is 14.0 Å². The fourth-order valence-corrected chi connectivity index (χ4v) is 5.87. The Morgan fingerprint density at radius 3 is 2.47 bits per heavy atom. The molecule has 2 atom stereocenters. The third-order valence-electron chi connectivity index (χ3n) is 7.56. The van der Waals surface area contributed by atoms with E-state index >= 15 is 0 Å². The molecule has 3 aromatic rings. The molecule has 0 unspecified atom stereocenters. The number of likely N-dealkylation sites (tertiary alicyclic amines) is 1. The van der Waals surface area contributed by atoms with Gasteiger partial charge in [-0.2, -0.15) is 5.10 Å². The van der Waals surface area contributed by atoms with Crippen LogP contribution in [0.15, 0.2) is 48.7 Å². The lowest BCUT2D eigenvalue weighted by molar-refractivity contribution is 0.177. The molecule has 1 saturated carbocycles. The van der Waals surface area contributed by atoms with Crippen LogP contribution in [-0.4, -0.2) is 40.5 Å². The van der Waals surface area contributed by atoms with Gasteiger partial charge in [0.15, 0.2) is 14.0 Å². The van der Waals surface area contributed by atoms with Crippen LogP contribution in [0.3, 0.4) is 0 Å². The average Bonchev–Trinajstić information content (AvgIpc) is 3.39. The van der Waals surface area contributed by atoms with Gasteiger partial charge in [0.25, 0.3) is 0 Å². The summed E-state index contributed by atoms with van der Waals surface area (Å²) >= 11 is 0. The van der Waals surface area contributed by atoms with E-state index in [0.717, 1.165) is 30.9 Å². The van der Waals surface area contributed by atoms with Crippen LogP contribution < -0.4 is 0 Å². The summed E-state index contributed by atoms with van der Waals surface area (Å²) in [5, 5.41) is 5.07. The summed E-state index contributed by atoms with van der Waals surface area (Å²) in [7, 11) is -1.83. The predicted molar refractivity (Wildman–Crippen MR) is 131 cm³/mol. The molecule has 2 aliphatic rings. The maximum Gasteiger partial charge on any atom is 0.192 e. The lowest BCUT2D eigenvalue weighted by Gasteiger charge is -2.38. The lowest BCUT2D eigenvalue weighted by Crippen LogP contribution is -2.44. The Morgan fingerprint density at radius 1 is 1.03 bits per heavy atom. The van der Waals surface area contributed by atoms with Crippen LogP contribution in [0.5, 0.6) is 0 Å². The number of aromatic nitrogens is 3.